The third-order valence-electron chi connectivity index (χ3n) is 3.70. The summed E-state index contributed by atoms with van der Waals surface area (Å²) in [5.74, 6) is 0.228. The van der Waals surface area contributed by atoms with Gasteiger partial charge >= 0.3 is 0 Å². The molecule has 0 bridgehead atoms. The summed E-state index contributed by atoms with van der Waals surface area (Å²) in [6.45, 7) is 7.75. The zero-order chi connectivity index (χ0) is 11.8. The average Bonchev–Trinajstić information content (AvgIpc) is 2.78. The fourth-order valence-corrected chi connectivity index (χ4v) is 2.67. The Balaban J connectivity index is 2.01. The van der Waals surface area contributed by atoms with E-state index in [0.717, 1.165) is 32.4 Å². The van der Waals surface area contributed by atoms with Crippen LogP contribution in [0.1, 0.15) is 40.0 Å². The molecule has 16 heavy (non-hydrogen) atoms. The van der Waals surface area contributed by atoms with Crippen LogP contribution in [-0.2, 0) is 9.53 Å². The molecule has 2 aliphatic heterocycles. The van der Waals surface area contributed by atoms with Gasteiger partial charge in [0, 0.05) is 6.61 Å². The molecule has 1 N–H and O–H groups in total. The smallest absolute Gasteiger partial charge is 0.241 e. The van der Waals surface area contributed by atoms with Crippen LogP contribution in [0.5, 0.6) is 0 Å². The first kappa shape index (κ1) is 11.9. The number of hydrogen-bond donors (Lipinski definition) is 1. The topological polar surface area (TPSA) is 41.6 Å². The van der Waals surface area contributed by atoms with Gasteiger partial charge in [-0.15, -0.1) is 0 Å². The summed E-state index contributed by atoms with van der Waals surface area (Å²) in [5, 5.41) is 3.32. The van der Waals surface area contributed by atoms with E-state index in [1.165, 1.54) is 0 Å². The Labute approximate surface area is 97.3 Å². The van der Waals surface area contributed by atoms with Crippen molar-refractivity contribution in [3.05, 3.63) is 0 Å². The molecule has 3 atom stereocenters. The van der Waals surface area contributed by atoms with Crippen molar-refractivity contribution in [2.75, 3.05) is 13.2 Å². The summed E-state index contributed by atoms with van der Waals surface area (Å²) < 4.78 is 5.75. The SMILES string of the molecule is CCC1NC(C)N(CC2(C)CCCO2)C1=O. The third-order valence-corrected chi connectivity index (χ3v) is 3.70. The van der Waals surface area contributed by atoms with Crippen molar-refractivity contribution < 1.29 is 9.53 Å². The van der Waals surface area contributed by atoms with Crippen molar-refractivity contribution in [3.63, 3.8) is 0 Å². The first-order chi connectivity index (χ1) is 7.56. The summed E-state index contributed by atoms with van der Waals surface area (Å²) in [6.07, 6.45) is 3.16. The fourth-order valence-electron chi connectivity index (χ4n) is 2.67. The molecule has 2 rings (SSSR count). The highest BCUT2D eigenvalue weighted by Gasteiger charge is 2.41. The molecule has 0 radical (unpaired) electrons. The Morgan fingerprint density at radius 2 is 2.38 bits per heavy atom. The highest BCUT2D eigenvalue weighted by molar-refractivity contribution is 5.84. The summed E-state index contributed by atoms with van der Waals surface area (Å²) in [6, 6.07) is 0.00000283. The summed E-state index contributed by atoms with van der Waals surface area (Å²) in [5.41, 5.74) is -0.131. The van der Waals surface area contributed by atoms with Gasteiger partial charge in [0.1, 0.15) is 0 Å². The Morgan fingerprint density at radius 1 is 1.62 bits per heavy atom. The van der Waals surface area contributed by atoms with E-state index in [4.69, 9.17) is 4.74 Å². The van der Waals surface area contributed by atoms with Crippen molar-refractivity contribution in [3.8, 4) is 0 Å². The zero-order valence-corrected chi connectivity index (χ0v) is 10.5. The molecule has 0 aromatic rings. The maximum Gasteiger partial charge on any atom is 0.241 e. The van der Waals surface area contributed by atoms with Gasteiger partial charge in [-0.2, -0.15) is 0 Å². The van der Waals surface area contributed by atoms with Crippen LogP contribution in [0.25, 0.3) is 0 Å². The van der Waals surface area contributed by atoms with Crippen LogP contribution >= 0.6 is 0 Å². The lowest BCUT2D eigenvalue weighted by Gasteiger charge is -2.31. The van der Waals surface area contributed by atoms with E-state index >= 15 is 0 Å². The molecule has 2 heterocycles. The van der Waals surface area contributed by atoms with Gasteiger partial charge in [-0.3, -0.25) is 10.1 Å². The van der Waals surface area contributed by atoms with Crippen molar-refractivity contribution in [1.82, 2.24) is 10.2 Å². The molecule has 2 saturated heterocycles. The Morgan fingerprint density at radius 3 is 2.88 bits per heavy atom. The van der Waals surface area contributed by atoms with Gasteiger partial charge in [0.15, 0.2) is 0 Å². The molecule has 2 aliphatic rings. The van der Waals surface area contributed by atoms with E-state index in [9.17, 15) is 4.79 Å². The largest absolute Gasteiger partial charge is 0.373 e. The minimum Gasteiger partial charge on any atom is -0.373 e. The Bertz CT molecular complexity index is 274. The van der Waals surface area contributed by atoms with Gasteiger partial charge in [-0.05, 0) is 33.1 Å². The van der Waals surface area contributed by atoms with E-state index < -0.39 is 0 Å². The van der Waals surface area contributed by atoms with Crippen molar-refractivity contribution in [2.24, 2.45) is 0 Å². The van der Waals surface area contributed by atoms with Crippen LogP contribution in [0.4, 0.5) is 0 Å². The molecule has 92 valence electrons. The monoisotopic (exact) mass is 226 g/mol. The second-order valence-corrected chi connectivity index (χ2v) is 5.17. The number of ether oxygens (including phenoxy) is 1. The molecule has 4 heteroatoms. The number of hydrogen-bond acceptors (Lipinski definition) is 3. The van der Waals surface area contributed by atoms with E-state index in [1.807, 2.05) is 18.7 Å². The molecule has 1 amide bonds. The van der Waals surface area contributed by atoms with Gasteiger partial charge in [-0.25, -0.2) is 0 Å². The van der Waals surface area contributed by atoms with Crippen molar-refractivity contribution in [2.45, 2.75) is 57.8 Å². The van der Waals surface area contributed by atoms with Crippen LogP contribution in [0.3, 0.4) is 0 Å². The van der Waals surface area contributed by atoms with Gasteiger partial charge in [0.2, 0.25) is 5.91 Å². The normalized spacial score (nSPS) is 39.7. The second kappa shape index (κ2) is 4.34. The summed E-state index contributed by atoms with van der Waals surface area (Å²) in [7, 11) is 0. The fraction of sp³-hybridized carbons (Fsp3) is 0.917. The van der Waals surface area contributed by atoms with E-state index in [2.05, 4.69) is 12.2 Å². The zero-order valence-electron chi connectivity index (χ0n) is 10.5. The Hall–Kier alpha value is -0.610. The van der Waals surface area contributed by atoms with Crippen LogP contribution in [0.2, 0.25) is 0 Å². The lowest BCUT2D eigenvalue weighted by molar-refractivity contribution is -0.133. The number of carbonyl (C=O) groups is 1. The minimum atomic E-state index is -0.131. The molecule has 0 spiro atoms. The van der Waals surface area contributed by atoms with Crippen LogP contribution in [0.15, 0.2) is 0 Å². The van der Waals surface area contributed by atoms with Gasteiger partial charge < -0.3 is 9.64 Å². The molecule has 2 fully saturated rings. The second-order valence-electron chi connectivity index (χ2n) is 5.17. The minimum absolute atomic E-state index is 0.00000283. The predicted octanol–water partition coefficient (Wildman–Crippen LogP) is 1.11. The van der Waals surface area contributed by atoms with Crippen LogP contribution < -0.4 is 5.32 Å². The van der Waals surface area contributed by atoms with E-state index in [0.29, 0.717) is 0 Å². The number of nitrogens with zero attached hydrogens (tertiary/aromatic N) is 1. The molecule has 0 aromatic heterocycles. The van der Waals surface area contributed by atoms with E-state index in [-0.39, 0.29) is 23.7 Å². The lowest BCUT2D eigenvalue weighted by atomic mass is 10.0. The molecular formula is C12H22N2O2. The maximum atomic E-state index is 12.1. The molecule has 0 aromatic carbocycles. The summed E-state index contributed by atoms with van der Waals surface area (Å²) in [4.78, 5) is 14.0. The van der Waals surface area contributed by atoms with Crippen molar-refractivity contribution >= 4 is 5.91 Å². The summed E-state index contributed by atoms with van der Waals surface area (Å²) >= 11 is 0. The van der Waals surface area contributed by atoms with E-state index in [1.54, 1.807) is 0 Å². The first-order valence-corrected chi connectivity index (χ1v) is 6.26. The standard InChI is InChI=1S/C12H22N2O2/c1-4-10-11(15)14(9(2)13-10)8-12(3)6-5-7-16-12/h9-10,13H,4-8H2,1-3H3. The van der Waals surface area contributed by atoms with Gasteiger partial charge in [0.25, 0.3) is 0 Å². The number of rotatable bonds is 3. The third kappa shape index (κ3) is 2.09. The molecule has 3 unspecified atom stereocenters. The molecule has 4 nitrogen and oxygen atoms in total. The van der Waals surface area contributed by atoms with Crippen LogP contribution in [0, 0.1) is 0 Å². The average molecular weight is 226 g/mol. The highest BCUT2D eigenvalue weighted by Crippen LogP contribution is 2.28. The predicted molar refractivity (Wildman–Crippen MR) is 62.0 cm³/mol. The maximum absolute atomic E-state index is 12.1. The molecular weight excluding hydrogens is 204 g/mol. The number of amides is 1. The van der Waals surface area contributed by atoms with Gasteiger partial charge in [-0.1, -0.05) is 6.92 Å². The van der Waals surface area contributed by atoms with Crippen molar-refractivity contribution in [1.29, 1.82) is 0 Å². The number of carbonyl (C=O) groups excluding carboxylic acids is 1. The number of nitrogens with one attached hydrogen (secondary N) is 1. The van der Waals surface area contributed by atoms with Crippen LogP contribution in [-0.4, -0.2) is 41.8 Å². The lowest BCUT2D eigenvalue weighted by Crippen LogP contribution is -2.45. The molecule has 0 saturated carbocycles. The molecule has 0 aliphatic carbocycles. The Kier molecular flexibility index (Phi) is 3.22. The quantitative estimate of drug-likeness (QED) is 0.784. The highest BCUT2D eigenvalue weighted by atomic mass is 16.5. The van der Waals surface area contributed by atoms with Gasteiger partial charge in [0.05, 0.1) is 24.4 Å². The first-order valence-electron chi connectivity index (χ1n) is 6.26.